The Balaban J connectivity index is 2.37. The molecule has 74 valence electrons. The summed E-state index contributed by atoms with van der Waals surface area (Å²) in [6.45, 7) is 1.46. The number of carbonyl (C=O) groups is 1. The number of rotatable bonds is 3. The van der Waals surface area contributed by atoms with Crippen LogP contribution in [0.1, 0.15) is 12.8 Å². The summed E-state index contributed by atoms with van der Waals surface area (Å²) in [6, 6.07) is 0. The summed E-state index contributed by atoms with van der Waals surface area (Å²) in [4.78, 5) is 13.4. The maximum atomic E-state index is 11.5. The third kappa shape index (κ3) is 3.59. The standard InChI is InChI=1S/C10H17NO2/c1-11(2)6-3-10(12)9-4-7-13-8-5-9/h3,6,9H,4-5,7-8H2,1-2H3/b6-3-. The zero-order valence-corrected chi connectivity index (χ0v) is 8.32. The molecule has 0 saturated carbocycles. The molecule has 13 heavy (non-hydrogen) atoms. The molecule has 0 unspecified atom stereocenters. The van der Waals surface area contributed by atoms with Gasteiger partial charge in [-0.3, -0.25) is 4.79 Å². The van der Waals surface area contributed by atoms with E-state index in [1.807, 2.05) is 19.0 Å². The topological polar surface area (TPSA) is 29.5 Å². The number of allylic oxidation sites excluding steroid dienone is 1. The smallest absolute Gasteiger partial charge is 0.160 e. The highest BCUT2D eigenvalue weighted by Crippen LogP contribution is 2.15. The van der Waals surface area contributed by atoms with Crippen LogP contribution in [-0.2, 0) is 9.53 Å². The third-order valence-electron chi connectivity index (χ3n) is 2.16. The van der Waals surface area contributed by atoms with E-state index in [1.54, 1.807) is 12.3 Å². The molecule has 1 fully saturated rings. The molecule has 3 nitrogen and oxygen atoms in total. The van der Waals surface area contributed by atoms with Crippen LogP contribution < -0.4 is 0 Å². The van der Waals surface area contributed by atoms with Crippen molar-refractivity contribution in [3.05, 3.63) is 12.3 Å². The summed E-state index contributed by atoms with van der Waals surface area (Å²) in [6.07, 6.45) is 5.21. The Morgan fingerprint density at radius 1 is 1.38 bits per heavy atom. The molecule has 1 aliphatic rings. The first-order valence-corrected chi connectivity index (χ1v) is 4.66. The van der Waals surface area contributed by atoms with E-state index in [-0.39, 0.29) is 11.7 Å². The summed E-state index contributed by atoms with van der Waals surface area (Å²) in [5.74, 6) is 0.418. The number of nitrogens with zero attached hydrogens (tertiary/aromatic N) is 1. The fraction of sp³-hybridized carbons (Fsp3) is 0.700. The molecule has 0 amide bonds. The summed E-state index contributed by atoms with van der Waals surface area (Å²) < 4.78 is 5.19. The summed E-state index contributed by atoms with van der Waals surface area (Å²) >= 11 is 0. The molecular weight excluding hydrogens is 166 g/mol. The predicted octanol–water partition coefficient (Wildman–Crippen LogP) is 1.06. The van der Waals surface area contributed by atoms with Crippen LogP contribution in [0.3, 0.4) is 0 Å². The van der Waals surface area contributed by atoms with Crippen LogP contribution in [0.4, 0.5) is 0 Å². The van der Waals surface area contributed by atoms with Gasteiger partial charge in [0.25, 0.3) is 0 Å². The molecule has 0 atom stereocenters. The largest absolute Gasteiger partial charge is 0.383 e. The molecule has 0 spiro atoms. The van der Waals surface area contributed by atoms with E-state index in [2.05, 4.69) is 0 Å². The zero-order valence-electron chi connectivity index (χ0n) is 8.32. The fourth-order valence-electron chi connectivity index (χ4n) is 1.34. The lowest BCUT2D eigenvalue weighted by Crippen LogP contribution is -2.22. The normalized spacial score (nSPS) is 19.2. The SMILES string of the molecule is CN(C)/C=C\C(=O)C1CCOCC1. The minimum atomic E-state index is 0.185. The maximum absolute atomic E-state index is 11.5. The molecular formula is C10H17NO2. The average molecular weight is 183 g/mol. The second-order valence-corrected chi connectivity index (χ2v) is 3.57. The Morgan fingerprint density at radius 2 is 2.00 bits per heavy atom. The van der Waals surface area contributed by atoms with Gasteiger partial charge in [0.1, 0.15) is 0 Å². The van der Waals surface area contributed by atoms with Gasteiger partial charge < -0.3 is 9.64 Å². The van der Waals surface area contributed by atoms with Crippen molar-refractivity contribution >= 4 is 5.78 Å². The summed E-state index contributed by atoms with van der Waals surface area (Å²) in [5, 5.41) is 0. The summed E-state index contributed by atoms with van der Waals surface area (Å²) in [5.41, 5.74) is 0. The number of carbonyl (C=O) groups excluding carboxylic acids is 1. The molecule has 0 aliphatic carbocycles. The van der Waals surface area contributed by atoms with Crippen LogP contribution in [-0.4, -0.2) is 38.0 Å². The molecule has 0 N–H and O–H groups in total. The second kappa shape index (κ2) is 5.02. The average Bonchev–Trinajstić information content (AvgIpc) is 2.15. The Kier molecular flexibility index (Phi) is 3.96. The molecule has 1 heterocycles. The number of hydrogen-bond acceptors (Lipinski definition) is 3. The van der Waals surface area contributed by atoms with Crippen LogP contribution in [0.25, 0.3) is 0 Å². The Bertz CT molecular complexity index is 193. The van der Waals surface area contributed by atoms with E-state index < -0.39 is 0 Å². The molecule has 0 aromatic rings. The molecule has 1 saturated heterocycles. The van der Waals surface area contributed by atoms with E-state index in [0.717, 1.165) is 26.1 Å². The van der Waals surface area contributed by atoms with E-state index in [1.165, 1.54) is 0 Å². The minimum Gasteiger partial charge on any atom is -0.383 e. The van der Waals surface area contributed by atoms with Crippen molar-refractivity contribution in [1.29, 1.82) is 0 Å². The molecule has 0 aromatic carbocycles. The van der Waals surface area contributed by atoms with Gasteiger partial charge >= 0.3 is 0 Å². The monoisotopic (exact) mass is 183 g/mol. The molecule has 1 rings (SSSR count). The Morgan fingerprint density at radius 3 is 2.54 bits per heavy atom. The highest BCUT2D eigenvalue weighted by molar-refractivity contribution is 5.91. The summed E-state index contributed by atoms with van der Waals surface area (Å²) in [7, 11) is 3.82. The van der Waals surface area contributed by atoms with E-state index in [4.69, 9.17) is 4.74 Å². The highest BCUT2D eigenvalue weighted by Gasteiger charge is 2.18. The van der Waals surface area contributed by atoms with Gasteiger partial charge in [0.05, 0.1) is 0 Å². The van der Waals surface area contributed by atoms with Crippen molar-refractivity contribution < 1.29 is 9.53 Å². The molecule has 1 aliphatic heterocycles. The van der Waals surface area contributed by atoms with Crippen molar-refractivity contribution in [3.8, 4) is 0 Å². The molecule has 3 heteroatoms. The van der Waals surface area contributed by atoms with Crippen LogP contribution in [0.2, 0.25) is 0 Å². The van der Waals surface area contributed by atoms with Gasteiger partial charge in [-0.25, -0.2) is 0 Å². The minimum absolute atomic E-state index is 0.185. The maximum Gasteiger partial charge on any atom is 0.160 e. The first-order chi connectivity index (χ1) is 6.20. The first kappa shape index (κ1) is 10.3. The Labute approximate surface area is 79.4 Å². The highest BCUT2D eigenvalue weighted by atomic mass is 16.5. The molecule has 0 bridgehead atoms. The van der Waals surface area contributed by atoms with Gasteiger partial charge in [-0.05, 0) is 18.9 Å². The van der Waals surface area contributed by atoms with Gasteiger partial charge in [-0.15, -0.1) is 0 Å². The number of hydrogen-bond donors (Lipinski definition) is 0. The van der Waals surface area contributed by atoms with Crippen LogP contribution in [0.15, 0.2) is 12.3 Å². The lowest BCUT2D eigenvalue weighted by molar-refractivity contribution is -0.120. The van der Waals surface area contributed by atoms with Crippen LogP contribution in [0.5, 0.6) is 0 Å². The van der Waals surface area contributed by atoms with Gasteiger partial charge in [0.15, 0.2) is 5.78 Å². The molecule has 0 aromatic heterocycles. The van der Waals surface area contributed by atoms with Crippen molar-refractivity contribution in [2.75, 3.05) is 27.3 Å². The van der Waals surface area contributed by atoms with Gasteiger partial charge in [-0.2, -0.15) is 0 Å². The Hall–Kier alpha value is -0.830. The quantitative estimate of drug-likeness (QED) is 0.613. The third-order valence-corrected chi connectivity index (χ3v) is 2.16. The van der Waals surface area contributed by atoms with Crippen molar-refractivity contribution in [2.24, 2.45) is 5.92 Å². The van der Waals surface area contributed by atoms with Crippen LogP contribution in [0, 0.1) is 5.92 Å². The van der Waals surface area contributed by atoms with Gasteiger partial charge in [0, 0.05) is 39.4 Å². The van der Waals surface area contributed by atoms with Crippen molar-refractivity contribution in [2.45, 2.75) is 12.8 Å². The van der Waals surface area contributed by atoms with Gasteiger partial charge in [0.2, 0.25) is 0 Å². The van der Waals surface area contributed by atoms with Gasteiger partial charge in [-0.1, -0.05) is 0 Å². The van der Waals surface area contributed by atoms with Crippen LogP contribution >= 0.6 is 0 Å². The van der Waals surface area contributed by atoms with E-state index in [0.29, 0.717) is 0 Å². The fourth-order valence-corrected chi connectivity index (χ4v) is 1.34. The zero-order chi connectivity index (χ0) is 9.68. The van der Waals surface area contributed by atoms with E-state index >= 15 is 0 Å². The molecule has 0 radical (unpaired) electrons. The van der Waals surface area contributed by atoms with Crippen molar-refractivity contribution in [1.82, 2.24) is 4.90 Å². The number of ketones is 1. The van der Waals surface area contributed by atoms with E-state index in [9.17, 15) is 4.79 Å². The lowest BCUT2D eigenvalue weighted by atomic mass is 9.95. The lowest BCUT2D eigenvalue weighted by Gasteiger charge is -2.19. The number of ether oxygens (including phenoxy) is 1. The van der Waals surface area contributed by atoms with Crippen molar-refractivity contribution in [3.63, 3.8) is 0 Å². The first-order valence-electron chi connectivity index (χ1n) is 4.66. The second-order valence-electron chi connectivity index (χ2n) is 3.57. The predicted molar refractivity (Wildman–Crippen MR) is 51.4 cm³/mol.